The molecule has 0 bridgehead atoms. The van der Waals surface area contributed by atoms with Gasteiger partial charge in [-0.1, -0.05) is 75.2 Å². The van der Waals surface area contributed by atoms with Crippen LogP contribution in [0.2, 0.25) is 5.02 Å². The van der Waals surface area contributed by atoms with Crippen molar-refractivity contribution in [2.45, 2.75) is 65.2 Å². The van der Waals surface area contributed by atoms with E-state index in [9.17, 15) is 4.79 Å². The third kappa shape index (κ3) is 7.60. The molecule has 1 aromatic rings. The number of nitrogens with one attached hydrogen (secondary N) is 1. The lowest BCUT2D eigenvalue weighted by molar-refractivity contribution is -0.121. The average Bonchev–Trinajstić information content (AvgIpc) is 2.52. The topological polar surface area (TPSA) is 41.5 Å². The SMILES string of the molecule is CCCCCCCCCC(=O)NN=C(C)c1ccccc1Cl. The Morgan fingerprint density at radius 3 is 2.41 bits per heavy atom. The van der Waals surface area contributed by atoms with Gasteiger partial charge in [-0.25, -0.2) is 5.43 Å². The molecule has 0 fully saturated rings. The standard InChI is InChI=1S/C18H27ClN2O/c1-3-4-5-6-7-8-9-14-18(22)21-20-15(2)16-12-10-11-13-17(16)19/h10-13H,3-9,14H2,1-2H3,(H,21,22). The van der Waals surface area contributed by atoms with Crippen LogP contribution in [0.3, 0.4) is 0 Å². The van der Waals surface area contributed by atoms with Crippen LogP contribution in [-0.2, 0) is 4.79 Å². The number of rotatable bonds is 10. The highest BCUT2D eigenvalue weighted by Gasteiger charge is 2.04. The maximum absolute atomic E-state index is 11.7. The molecule has 0 aliphatic rings. The molecule has 0 atom stereocenters. The van der Waals surface area contributed by atoms with Crippen molar-refractivity contribution in [1.82, 2.24) is 5.43 Å². The Labute approximate surface area is 139 Å². The van der Waals surface area contributed by atoms with Gasteiger partial charge in [-0.05, 0) is 19.4 Å². The van der Waals surface area contributed by atoms with Gasteiger partial charge in [0.05, 0.1) is 5.71 Å². The van der Waals surface area contributed by atoms with Crippen LogP contribution in [0.25, 0.3) is 0 Å². The first-order valence-corrected chi connectivity index (χ1v) is 8.61. The van der Waals surface area contributed by atoms with Gasteiger partial charge in [0.1, 0.15) is 0 Å². The number of halogens is 1. The van der Waals surface area contributed by atoms with Crippen LogP contribution in [0.15, 0.2) is 29.4 Å². The van der Waals surface area contributed by atoms with Crippen molar-refractivity contribution < 1.29 is 4.79 Å². The largest absolute Gasteiger partial charge is 0.273 e. The number of carbonyl (C=O) groups is 1. The van der Waals surface area contributed by atoms with Gasteiger partial charge < -0.3 is 0 Å². The van der Waals surface area contributed by atoms with E-state index in [0.717, 1.165) is 24.1 Å². The highest BCUT2D eigenvalue weighted by Crippen LogP contribution is 2.15. The Kier molecular flexibility index (Phi) is 9.56. The number of benzene rings is 1. The second kappa shape index (κ2) is 11.2. The van der Waals surface area contributed by atoms with Gasteiger partial charge in [-0.15, -0.1) is 0 Å². The minimum absolute atomic E-state index is 0.0278. The molecule has 0 saturated heterocycles. The fourth-order valence-corrected chi connectivity index (χ4v) is 2.53. The van der Waals surface area contributed by atoms with Crippen LogP contribution in [0.4, 0.5) is 0 Å². The van der Waals surface area contributed by atoms with Crippen LogP contribution in [-0.4, -0.2) is 11.6 Å². The highest BCUT2D eigenvalue weighted by atomic mass is 35.5. The monoisotopic (exact) mass is 322 g/mol. The predicted octanol–water partition coefficient (Wildman–Crippen LogP) is 5.32. The minimum atomic E-state index is -0.0278. The van der Waals surface area contributed by atoms with Crippen molar-refractivity contribution in [2.75, 3.05) is 0 Å². The Morgan fingerprint density at radius 1 is 1.09 bits per heavy atom. The molecule has 0 radical (unpaired) electrons. The summed E-state index contributed by atoms with van der Waals surface area (Å²) >= 11 is 6.10. The van der Waals surface area contributed by atoms with E-state index in [-0.39, 0.29) is 5.91 Å². The molecule has 0 saturated carbocycles. The van der Waals surface area contributed by atoms with Gasteiger partial charge in [0, 0.05) is 17.0 Å². The normalized spacial score (nSPS) is 11.5. The molecule has 0 heterocycles. The summed E-state index contributed by atoms with van der Waals surface area (Å²) in [5.41, 5.74) is 4.18. The zero-order chi connectivity index (χ0) is 16.2. The summed E-state index contributed by atoms with van der Waals surface area (Å²) in [5.74, 6) is -0.0278. The molecule has 0 spiro atoms. The minimum Gasteiger partial charge on any atom is -0.273 e. The summed E-state index contributed by atoms with van der Waals surface area (Å²) in [4.78, 5) is 11.7. The second-order valence-corrected chi connectivity index (χ2v) is 5.99. The lowest BCUT2D eigenvalue weighted by atomic mass is 10.1. The van der Waals surface area contributed by atoms with Gasteiger partial charge in [-0.3, -0.25) is 4.79 Å². The summed E-state index contributed by atoms with van der Waals surface area (Å²) in [7, 11) is 0. The molecule has 122 valence electrons. The number of amides is 1. The molecule has 1 amide bonds. The Hall–Kier alpha value is -1.35. The Balaban J connectivity index is 2.22. The number of hydrogen-bond donors (Lipinski definition) is 1. The fraction of sp³-hybridized carbons (Fsp3) is 0.556. The molecule has 4 heteroatoms. The molecule has 1 rings (SSSR count). The first kappa shape index (κ1) is 18.7. The highest BCUT2D eigenvalue weighted by molar-refractivity contribution is 6.34. The molecule has 0 unspecified atom stereocenters. The van der Waals surface area contributed by atoms with Crippen LogP contribution in [0.5, 0.6) is 0 Å². The van der Waals surface area contributed by atoms with E-state index in [1.54, 1.807) is 0 Å². The zero-order valence-electron chi connectivity index (χ0n) is 13.7. The smallest absolute Gasteiger partial charge is 0.240 e. The summed E-state index contributed by atoms with van der Waals surface area (Å²) in [6.07, 6.45) is 8.97. The van der Waals surface area contributed by atoms with Crippen LogP contribution in [0, 0.1) is 0 Å². The average molecular weight is 323 g/mol. The Morgan fingerprint density at radius 2 is 1.73 bits per heavy atom. The molecule has 0 aromatic heterocycles. The predicted molar refractivity (Wildman–Crippen MR) is 94.4 cm³/mol. The molecular formula is C18H27ClN2O. The van der Waals surface area contributed by atoms with Crippen molar-refractivity contribution in [3.8, 4) is 0 Å². The Bertz CT molecular complexity index is 486. The van der Waals surface area contributed by atoms with E-state index in [1.807, 2.05) is 31.2 Å². The quantitative estimate of drug-likeness (QED) is 0.353. The van der Waals surface area contributed by atoms with E-state index in [2.05, 4.69) is 17.5 Å². The van der Waals surface area contributed by atoms with Crippen LogP contribution in [0.1, 0.15) is 70.8 Å². The van der Waals surface area contributed by atoms with Gasteiger partial charge >= 0.3 is 0 Å². The first-order valence-electron chi connectivity index (χ1n) is 8.23. The van der Waals surface area contributed by atoms with Crippen LogP contribution >= 0.6 is 11.6 Å². The number of hydrogen-bond acceptors (Lipinski definition) is 2. The van der Waals surface area contributed by atoms with E-state index in [0.29, 0.717) is 11.4 Å². The molecule has 1 N–H and O–H groups in total. The van der Waals surface area contributed by atoms with Crippen molar-refractivity contribution in [3.05, 3.63) is 34.9 Å². The second-order valence-electron chi connectivity index (χ2n) is 5.58. The summed E-state index contributed by atoms with van der Waals surface area (Å²) in [6, 6.07) is 7.48. The van der Waals surface area contributed by atoms with Gasteiger partial charge in [-0.2, -0.15) is 5.10 Å². The third-order valence-corrected chi connectivity index (χ3v) is 3.95. The van der Waals surface area contributed by atoms with E-state index < -0.39 is 0 Å². The molecular weight excluding hydrogens is 296 g/mol. The summed E-state index contributed by atoms with van der Waals surface area (Å²) < 4.78 is 0. The molecule has 22 heavy (non-hydrogen) atoms. The molecule has 3 nitrogen and oxygen atoms in total. The molecule has 0 aliphatic heterocycles. The lowest BCUT2D eigenvalue weighted by Gasteiger charge is -2.05. The number of unbranched alkanes of at least 4 members (excludes halogenated alkanes) is 6. The van der Waals surface area contributed by atoms with Crippen molar-refractivity contribution in [1.29, 1.82) is 0 Å². The van der Waals surface area contributed by atoms with Gasteiger partial charge in [0.25, 0.3) is 0 Å². The van der Waals surface area contributed by atoms with Crippen LogP contribution < -0.4 is 5.43 Å². The fourth-order valence-electron chi connectivity index (χ4n) is 2.26. The maximum Gasteiger partial charge on any atom is 0.240 e. The maximum atomic E-state index is 11.7. The van der Waals surface area contributed by atoms with E-state index in [4.69, 9.17) is 11.6 Å². The number of hydrazone groups is 1. The zero-order valence-corrected chi connectivity index (χ0v) is 14.5. The van der Waals surface area contributed by atoms with Crippen molar-refractivity contribution >= 4 is 23.2 Å². The molecule has 1 aromatic carbocycles. The number of nitrogens with zero attached hydrogens (tertiary/aromatic N) is 1. The van der Waals surface area contributed by atoms with Gasteiger partial charge in [0.2, 0.25) is 5.91 Å². The van der Waals surface area contributed by atoms with Crippen molar-refractivity contribution in [3.63, 3.8) is 0 Å². The summed E-state index contributed by atoms with van der Waals surface area (Å²) in [6.45, 7) is 4.06. The lowest BCUT2D eigenvalue weighted by Crippen LogP contribution is -2.18. The molecule has 0 aliphatic carbocycles. The van der Waals surface area contributed by atoms with Gasteiger partial charge in [0.15, 0.2) is 0 Å². The van der Waals surface area contributed by atoms with E-state index >= 15 is 0 Å². The third-order valence-electron chi connectivity index (χ3n) is 3.62. The first-order chi connectivity index (χ1) is 10.6. The van der Waals surface area contributed by atoms with E-state index in [1.165, 1.54) is 32.1 Å². The summed E-state index contributed by atoms with van der Waals surface area (Å²) in [5, 5.41) is 4.77. The van der Waals surface area contributed by atoms with Crippen molar-refractivity contribution in [2.24, 2.45) is 5.10 Å². The number of carbonyl (C=O) groups excluding carboxylic acids is 1.